The second-order valence-electron chi connectivity index (χ2n) is 9.99. The maximum Gasteiger partial charge on any atom is 0.264 e. The van der Waals surface area contributed by atoms with E-state index in [1.807, 2.05) is 52.0 Å². The zero-order valence-corrected chi connectivity index (χ0v) is 24.9. The molecule has 220 valence electrons. The Morgan fingerprint density at radius 2 is 1.63 bits per heavy atom. The molecular weight excluding hydrogens is 545 g/mol. The Kier molecular flexibility index (Phi) is 10.9. The van der Waals surface area contributed by atoms with E-state index < -0.39 is 34.3 Å². The van der Waals surface area contributed by atoms with Crippen LogP contribution in [0.4, 0.5) is 10.1 Å². The van der Waals surface area contributed by atoms with Gasteiger partial charge in [0.05, 0.1) is 17.2 Å². The monoisotopic (exact) mass is 583 g/mol. The summed E-state index contributed by atoms with van der Waals surface area (Å²) in [4.78, 5) is 28.5. The molecule has 0 heterocycles. The number of rotatable bonds is 13. The quantitative estimate of drug-likeness (QED) is 0.304. The number of anilines is 1. The predicted molar refractivity (Wildman–Crippen MR) is 158 cm³/mol. The molecule has 1 N–H and O–H groups in total. The maximum atomic E-state index is 14.1. The topological polar surface area (TPSA) is 96.0 Å². The molecule has 0 aliphatic rings. The molecule has 1 atom stereocenters. The van der Waals surface area contributed by atoms with E-state index in [4.69, 9.17) is 4.74 Å². The SMILES string of the molecule is CCOc1ccc(N(CC(=O)N(Cc2cccc(C)c2)[C@@H](CC)C(=O)NC(C)C)S(=O)(=O)c2ccc(F)cc2)cc1. The zero-order valence-electron chi connectivity index (χ0n) is 24.1. The van der Waals surface area contributed by atoms with Gasteiger partial charge in [0.25, 0.3) is 10.0 Å². The Morgan fingerprint density at radius 1 is 0.976 bits per heavy atom. The van der Waals surface area contributed by atoms with E-state index in [-0.39, 0.29) is 29.1 Å². The van der Waals surface area contributed by atoms with Crippen molar-refractivity contribution in [3.63, 3.8) is 0 Å². The Morgan fingerprint density at radius 3 is 2.20 bits per heavy atom. The third-order valence-corrected chi connectivity index (χ3v) is 8.16. The van der Waals surface area contributed by atoms with Crippen molar-refractivity contribution >= 4 is 27.5 Å². The highest BCUT2D eigenvalue weighted by molar-refractivity contribution is 7.92. The number of benzene rings is 3. The second kappa shape index (κ2) is 14.1. The van der Waals surface area contributed by atoms with E-state index in [9.17, 15) is 22.4 Å². The van der Waals surface area contributed by atoms with Crippen molar-refractivity contribution < 1.29 is 27.1 Å². The van der Waals surface area contributed by atoms with Gasteiger partial charge in [0.2, 0.25) is 11.8 Å². The van der Waals surface area contributed by atoms with Gasteiger partial charge in [-0.1, -0.05) is 36.8 Å². The lowest BCUT2D eigenvalue weighted by Crippen LogP contribution is -2.53. The molecule has 0 fully saturated rings. The van der Waals surface area contributed by atoms with E-state index in [0.717, 1.165) is 39.7 Å². The van der Waals surface area contributed by atoms with Gasteiger partial charge in [-0.05, 0) is 88.2 Å². The van der Waals surface area contributed by atoms with Gasteiger partial charge in [-0.3, -0.25) is 13.9 Å². The van der Waals surface area contributed by atoms with Crippen LogP contribution in [0.25, 0.3) is 0 Å². The first-order valence-corrected chi connectivity index (χ1v) is 15.1. The van der Waals surface area contributed by atoms with Crippen LogP contribution in [0.15, 0.2) is 77.7 Å². The first kappa shape index (κ1) is 31.6. The number of hydrogen-bond donors (Lipinski definition) is 1. The van der Waals surface area contributed by atoms with Crippen LogP contribution in [-0.4, -0.2) is 50.4 Å². The van der Waals surface area contributed by atoms with Crippen LogP contribution in [0.5, 0.6) is 5.75 Å². The number of nitrogens with one attached hydrogen (secondary N) is 1. The molecule has 0 saturated heterocycles. The first-order chi connectivity index (χ1) is 19.5. The van der Waals surface area contributed by atoms with Crippen LogP contribution in [-0.2, 0) is 26.2 Å². The summed E-state index contributed by atoms with van der Waals surface area (Å²) >= 11 is 0. The second-order valence-corrected chi connectivity index (χ2v) is 11.9. The minimum atomic E-state index is -4.30. The molecule has 3 aromatic rings. The van der Waals surface area contributed by atoms with Gasteiger partial charge in [-0.15, -0.1) is 0 Å². The molecule has 0 aliphatic carbocycles. The smallest absolute Gasteiger partial charge is 0.264 e. The molecular formula is C31H38FN3O5S. The standard InChI is InChI=1S/C31H38FN3O5S/c1-6-29(31(37)33-22(3)4)34(20-24-10-8-9-23(5)19-24)30(36)21-35(26-13-15-27(16-14-26)40-7-2)41(38,39)28-17-11-25(32)12-18-28/h8-19,22,29H,6-7,20-21H2,1-5H3,(H,33,37)/t29-/m0/s1. The number of aryl methyl sites for hydroxylation is 1. The summed E-state index contributed by atoms with van der Waals surface area (Å²) in [7, 11) is -4.30. The zero-order chi connectivity index (χ0) is 30.2. The number of hydrogen-bond acceptors (Lipinski definition) is 5. The highest BCUT2D eigenvalue weighted by atomic mass is 32.2. The minimum absolute atomic E-state index is 0.109. The number of amides is 2. The van der Waals surface area contributed by atoms with Crippen molar-refractivity contribution in [1.29, 1.82) is 0 Å². The average Bonchev–Trinajstić information content (AvgIpc) is 2.92. The van der Waals surface area contributed by atoms with Crippen LogP contribution >= 0.6 is 0 Å². The average molecular weight is 584 g/mol. The van der Waals surface area contributed by atoms with Crippen LogP contribution in [0, 0.1) is 12.7 Å². The lowest BCUT2D eigenvalue weighted by atomic mass is 10.1. The van der Waals surface area contributed by atoms with E-state index in [2.05, 4.69) is 5.32 Å². The van der Waals surface area contributed by atoms with Gasteiger partial charge in [0.15, 0.2) is 0 Å². The largest absolute Gasteiger partial charge is 0.494 e. The molecule has 8 nitrogen and oxygen atoms in total. The number of halogens is 1. The molecule has 2 amide bonds. The number of ether oxygens (including phenoxy) is 1. The predicted octanol–water partition coefficient (Wildman–Crippen LogP) is 5.06. The molecule has 0 saturated carbocycles. The summed E-state index contributed by atoms with van der Waals surface area (Å²) in [5, 5.41) is 2.88. The lowest BCUT2D eigenvalue weighted by Gasteiger charge is -2.33. The third-order valence-electron chi connectivity index (χ3n) is 6.37. The third kappa shape index (κ3) is 8.29. The number of nitrogens with zero attached hydrogens (tertiary/aromatic N) is 2. The Balaban J connectivity index is 2.07. The molecule has 3 aromatic carbocycles. The number of carbonyl (C=O) groups is 2. The molecule has 0 radical (unpaired) electrons. The van der Waals surface area contributed by atoms with Crippen LogP contribution in [0.3, 0.4) is 0 Å². The molecule has 0 aromatic heterocycles. The van der Waals surface area contributed by atoms with Gasteiger partial charge in [0, 0.05) is 12.6 Å². The van der Waals surface area contributed by atoms with E-state index in [0.29, 0.717) is 18.8 Å². The van der Waals surface area contributed by atoms with Crippen LogP contribution in [0.1, 0.15) is 45.2 Å². The minimum Gasteiger partial charge on any atom is -0.494 e. The van der Waals surface area contributed by atoms with Crippen molar-refractivity contribution in [2.24, 2.45) is 0 Å². The van der Waals surface area contributed by atoms with Crippen molar-refractivity contribution in [3.05, 3.63) is 89.7 Å². The van der Waals surface area contributed by atoms with Gasteiger partial charge in [-0.25, -0.2) is 12.8 Å². The van der Waals surface area contributed by atoms with Gasteiger partial charge in [-0.2, -0.15) is 0 Å². The lowest BCUT2D eigenvalue weighted by molar-refractivity contribution is -0.140. The molecule has 3 rings (SSSR count). The Bertz CT molecular complexity index is 1430. The van der Waals surface area contributed by atoms with Crippen molar-refractivity contribution in [3.8, 4) is 5.75 Å². The van der Waals surface area contributed by atoms with Gasteiger partial charge >= 0.3 is 0 Å². The Labute approximate surface area is 242 Å². The van der Waals surface area contributed by atoms with E-state index >= 15 is 0 Å². The summed E-state index contributed by atoms with van der Waals surface area (Å²) < 4.78 is 47.8. The fraction of sp³-hybridized carbons (Fsp3) is 0.355. The summed E-state index contributed by atoms with van der Waals surface area (Å²) in [6.07, 6.45) is 0.323. The summed E-state index contributed by atoms with van der Waals surface area (Å²) in [5.74, 6) is -0.924. The van der Waals surface area contributed by atoms with E-state index in [1.54, 1.807) is 31.2 Å². The molecule has 0 spiro atoms. The number of sulfonamides is 1. The van der Waals surface area contributed by atoms with Gasteiger partial charge in [0.1, 0.15) is 24.2 Å². The van der Waals surface area contributed by atoms with Crippen molar-refractivity contribution in [2.75, 3.05) is 17.5 Å². The van der Waals surface area contributed by atoms with Crippen molar-refractivity contribution in [2.45, 2.75) is 64.6 Å². The van der Waals surface area contributed by atoms with E-state index in [1.165, 1.54) is 4.90 Å². The van der Waals surface area contributed by atoms with Crippen LogP contribution < -0.4 is 14.4 Å². The molecule has 0 unspecified atom stereocenters. The highest BCUT2D eigenvalue weighted by Gasteiger charge is 2.34. The van der Waals surface area contributed by atoms with Crippen LogP contribution in [0.2, 0.25) is 0 Å². The normalized spacial score (nSPS) is 12.1. The number of carbonyl (C=O) groups excluding carboxylic acids is 2. The molecule has 0 bridgehead atoms. The maximum absolute atomic E-state index is 14.1. The fourth-order valence-electron chi connectivity index (χ4n) is 4.45. The fourth-order valence-corrected chi connectivity index (χ4v) is 5.86. The summed E-state index contributed by atoms with van der Waals surface area (Å²) in [6.45, 7) is 9.20. The summed E-state index contributed by atoms with van der Waals surface area (Å²) in [6, 6.07) is 17.4. The highest BCUT2D eigenvalue weighted by Crippen LogP contribution is 2.27. The molecule has 10 heteroatoms. The molecule has 41 heavy (non-hydrogen) atoms. The molecule has 0 aliphatic heterocycles. The summed E-state index contributed by atoms with van der Waals surface area (Å²) in [5.41, 5.74) is 2.02. The first-order valence-electron chi connectivity index (χ1n) is 13.6. The Hall–Kier alpha value is -3.92. The van der Waals surface area contributed by atoms with Crippen molar-refractivity contribution in [1.82, 2.24) is 10.2 Å². The van der Waals surface area contributed by atoms with Gasteiger partial charge < -0.3 is 15.0 Å².